The number of carbonyl (C=O) groups is 2. The van der Waals surface area contributed by atoms with Crippen molar-refractivity contribution in [2.45, 2.75) is 31.5 Å². The number of hydrogen-bond acceptors (Lipinski definition) is 3. The predicted octanol–water partition coefficient (Wildman–Crippen LogP) is 2.33. The summed E-state index contributed by atoms with van der Waals surface area (Å²) in [7, 11) is 0. The van der Waals surface area contributed by atoms with Crippen LogP contribution in [0.4, 0.5) is 0 Å². The lowest BCUT2D eigenvalue weighted by Crippen LogP contribution is -2.62. The standard InChI is InChI=1S/C20H20N2O3/c1-20-11-15(14-9-5-6-10-16(14)25-20)17(19(24)22-20)18(23)21-12-13-7-3-2-4-8-13/h2-10,15,17H,11-12H2,1H3,(H,21,23)(H,22,24)/t15-,17-,20-/m0/s1. The molecular formula is C20H20N2O3. The summed E-state index contributed by atoms with van der Waals surface area (Å²) in [6.07, 6.45) is 0.583. The molecule has 2 N–H and O–H groups in total. The van der Waals surface area contributed by atoms with Crippen molar-refractivity contribution in [3.05, 3.63) is 65.7 Å². The highest BCUT2D eigenvalue weighted by Gasteiger charge is 2.51. The number of benzene rings is 2. The first-order valence-corrected chi connectivity index (χ1v) is 8.47. The maximum atomic E-state index is 12.8. The molecule has 2 heterocycles. The van der Waals surface area contributed by atoms with Gasteiger partial charge in [0.05, 0.1) is 0 Å². The maximum absolute atomic E-state index is 12.8. The van der Waals surface area contributed by atoms with Gasteiger partial charge in [0.25, 0.3) is 0 Å². The van der Waals surface area contributed by atoms with E-state index in [0.29, 0.717) is 13.0 Å². The van der Waals surface area contributed by atoms with Crippen LogP contribution in [-0.2, 0) is 16.1 Å². The molecule has 0 unspecified atom stereocenters. The van der Waals surface area contributed by atoms with E-state index in [1.165, 1.54) is 0 Å². The summed E-state index contributed by atoms with van der Waals surface area (Å²) in [5.41, 5.74) is 1.17. The van der Waals surface area contributed by atoms with E-state index in [9.17, 15) is 9.59 Å². The van der Waals surface area contributed by atoms with Gasteiger partial charge in [-0.3, -0.25) is 9.59 Å². The van der Waals surface area contributed by atoms with Gasteiger partial charge in [0.15, 0.2) is 5.72 Å². The van der Waals surface area contributed by atoms with Crippen molar-refractivity contribution in [2.24, 2.45) is 5.92 Å². The van der Waals surface area contributed by atoms with Gasteiger partial charge in [-0.25, -0.2) is 0 Å². The zero-order valence-corrected chi connectivity index (χ0v) is 14.0. The van der Waals surface area contributed by atoms with Gasteiger partial charge in [0.2, 0.25) is 11.8 Å². The molecule has 2 aromatic rings. The first-order chi connectivity index (χ1) is 12.1. The molecule has 2 aromatic carbocycles. The smallest absolute Gasteiger partial charge is 0.236 e. The van der Waals surface area contributed by atoms with E-state index in [1.807, 2.05) is 61.5 Å². The minimum atomic E-state index is -0.758. The van der Waals surface area contributed by atoms with E-state index in [-0.39, 0.29) is 17.7 Å². The number of nitrogens with one attached hydrogen (secondary N) is 2. The van der Waals surface area contributed by atoms with Crippen molar-refractivity contribution < 1.29 is 14.3 Å². The van der Waals surface area contributed by atoms with Crippen molar-refractivity contribution in [1.82, 2.24) is 10.6 Å². The van der Waals surface area contributed by atoms with Crippen LogP contribution >= 0.6 is 0 Å². The molecule has 1 saturated heterocycles. The monoisotopic (exact) mass is 336 g/mol. The summed E-state index contributed by atoms with van der Waals surface area (Å²) in [6.45, 7) is 2.26. The summed E-state index contributed by atoms with van der Waals surface area (Å²) in [6, 6.07) is 17.3. The SMILES string of the molecule is C[C@@]12C[C@@H](c3ccccc3O1)[C@@H](C(=O)NCc1ccccc1)C(=O)N2. The zero-order chi connectivity index (χ0) is 17.4. The van der Waals surface area contributed by atoms with Crippen LogP contribution < -0.4 is 15.4 Å². The molecule has 0 aromatic heterocycles. The second-order valence-corrected chi connectivity index (χ2v) is 6.85. The molecule has 0 spiro atoms. The van der Waals surface area contributed by atoms with Crippen molar-refractivity contribution >= 4 is 11.8 Å². The second-order valence-electron chi connectivity index (χ2n) is 6.85. The van der Waals surface area contributed by atoms with Crippen molar-refractivity contribution in [2.75, 3.05) is 0 Å². The molecule has 2 aliphatic heterocycles. The molecule has 0 saturated carbocycles. The molecule has 0 aliphatic carbocycles. The summed E-state index contributed by atoms with van der Waals surface area (Å²) in [5.74, 6) is -0.715. The molecule has 2 bridgehead atoms. The van der Waals surface area contributed by atoms with Crippen LogP contribution in [0.1, 0.15) is 30.4 Å². The lowest BCUT2D eigenvalue weighted by atomic mass is 9.74. The molecular weight excluding hydrogens is 316 g/mol. The fourth-order valence-corrected chi connectivity index (χ4v) is 3.79. The Morgan fingerprint density at radius 2 is 1.92 bits per heavy atom. The topological polar surface area (TPSA) is 67.4 Å². The average molecular weight is 336 g/mol. The van der Waals surface area contributed by atoms with Gasteiger partial charge in [-0.05, 0) is 24.1 Å². The van der Waals surface area contributed by atoms with E-state index < -0.39 is 11.6 Å². The number of fused-ring (bicyclic) bond motifs is 4. The first kappa shape index (κ1) is 15.7. The molecule has 25 heavy (non-hydrogen) atoms. The van der Waals surface area contributed by atoms with Gasteiger partial charge in [0, 0.05) is 18.9 Å². The molecule has 4 rings (SSSR count). The normalized spacial score (nSPS) is 26.8. The van der Waals surface area contributed by atoms with E-state index in [0.717, 1.165) is 16.9 Å². The molecule has 2 amide bonds. The first-order valence-electron chi connectivity index (χ1n) is 8.47. The minimum absolute atomic E-state index is 0.181. The van der Waals surface area contributed by atoms with Gasteiger partial charge in [-0.2, -0.15) is 0 Å². The largest absolute Gasteiger partial charge is 0.468 e. The quantitative estimate of drug-likeness (QED) is 0.846. The second kappa shape index (κ2) is 5.92. The molecule has 0 radical (unpaired) electrons. The van der Waals surface area contributed by atoms with Gasteiger partial charge in [-0.1, -0.05) is 48.5 Å². The Kier molecular flexibility index (Phi) is 3.71. The number of piperidine rings is 1. The van der Waals surface area contributed by atoms with E-state index in [1.54, 1.807) is 0 Å². The van der Waals surface area contributed by atoms with E-state index >= 15 is 0 Å². The van der Waals surface area contributed by atoms with Crippen LogP contribution in [0.25, 0.3) is 0 Å². The number of ether oxygens (including phenoxy) is 1. The number of carbonyl (C=O) groups excluding carboxylic acids is 2. The van der Waals surface area contributed by atoms with Crippen molar-refractivity contribution in [3.8, 4) is 5.75 Å². The minimum Gasteiger partial charge on any atom is -0.468 e. The summed E-state index contributed by atoms with van der Waals surface area (Å²) < 4.78 is 5.95. The highest BCUT2D eigenvalue weighted by molar-refractivity contribution is 6.02. The Bertz CT molecular complexity index is 821. The van der Waals surface area contributed by atoms with Gasteiger partial charge in [-0.15, -0.1) is 0 Å². The molecule has 2 aliphatic rings. The Hall–Kier alpha value is -2.82. The van der Waals surface area contributed by atoms with Crippen LogP contribution in [0.3, 0.4) is 0 Å². The highest BCUT2D eigenvalue weighted by Crippen LogP contribution is 2.46. The van der Waals surface area contributed by atoms with Crippen molar-refractivity contribution in [1.29, 1.82) is 0 Å². The third-order valence-electron chi connectivity index (χ3n) is 4.93. The molecule has 5 nitrogen and oxygen atoms in total. The van der Waals surface area contributed by atoms with Gasteiger partial charge in [0.1, 0.15) is 11.7 Å². The number of rotatable bonds is 3. The predicted molar refractivity (Wildman–Crippen MR) is 92.8 cm³/mol. The third-order valence-corrected chi connectivity index (χ3v) is 4.93. The third kappa shape index (κ3) is 2.86. The van der Waals surface area contributed by atoms with Crippen LogP contribution in [0.15, 0.2) is 54.6 Å². The maximum Gasteiger partial charge on any atom is 0.236 e. The molecule has 1 fully saturated rings. The summed E-state index contributed by atoms with van der Waals surface area (Å²) >= 11 is 0. The molecule has 5 heteroatoms. The van der Waals surface area contributed by atoms with Crippen LogP contribution in [0.5, 0.6) is 5.75 Å². The summed E-state index contributed by atoms with van der Waals surface area (Å²) in [5, 5.41) is 5.78. The number of para-hydroxylation sites is 1. The summed E-state index contributed by atoms with van der Waals surface area (Å²) in [4.78, 5) is 25.4. The molecule has 128 valence electrons. The van der Waals surface area contributed by atoms with E-state index in [4.69, 9.17) is 4.74 Å². The Morgan fingerprint density at radius 1 is 1.20 bits per heavy atom. The Morgan fingerprint density at radius 3 is 2.72 bits per heavy atom. The zero-order valence-electron chi connectivity index (χ0n) is 14.0. The van der Waals surface area contributed by atoms with Gasteiger partial charge < -0.3 is 15.4 Å². The lowest BCUT2D eigenvalue weighted by molar-refractivity contribution is -0.147. The number of hydrogen-bond donors (Lipinski definition) is 2. The Labute approximate surface area is 146 Å². The van der Waals surface area contributed by atoms with Crippen LogP contribution in [0, 0.1) is 5.92 Å². The van der Waals surface area contributed by atoms with Crippen LogP contribution in [0.2, 0.25) is 0 Å². The van der Waals surface area contributed by atoms with Crippen molar-refractivity contribution in [3.63, 3.8) is 0 Å². The number of amides is 2. The highest BCUT2D eigenvalue weighted by atomic mass is 16.5. The van der Waals surface area contributed by atoms with Gasteiger partial charge >= 0.3 is 0 Å². The van der Waals surface area contributed by atoms with E-state index in [2.05, 4.69) is 10.6 Å². The fraction of sp³-hybridized carbons (Fsp3) is 0.300. The Balaban J connectivity index is 1.59. The lowest BCUT2D eigenvalue weighted by Gasteiger charge is -2.46. The fourth-order valence-electron chi connectivity index (χ4n) is 3.79. The average Bonchev–Trinajstić information content (AvgIpc) is 2.60. The molecule has 3 atom stereocenters. The van der Waals surface area contributed by atoms with Crippen LogP contribution in [-0.4, -0.2) is 17.5 Å².